The molecule has 8 heteroatoms. The van der Waals surface area contributed by atoms with Gasteiger partial charge in [0.05, 0.1) is 24.3 Å². The van der Waals surface area contributed by atoms with Gasteiger partial charge in [0.25, 0.3) is 11.8 Å². The van der Waals surface area contributed by atoms with Crippen LogP contribution in [0.5, 0.6) is 0 Å². The molecule has 0 radical (unpaired) electrons. The molecule has 2 fully saturated rings. The Morgan fingerprint density at radius 1 is 0.865 bits per heavy atom. The Labute approximate surface area is 219 Å². The average Bonchev–Trinajstić information content (AvgIpc) is 3.21. The van der Waals surface area contributed by atoms with Crippen molar-refractivity contribution in [2.45, 2.75) is 42.7 Å². The fourth-order valence-corrected chi connectivity index (χ4v) is 6.05. The molecule has 6 atom stereocenters. The van der Waals surface area contributed by atoms with Crippen molar-refractivity contribution in [1.29, 1.82) is 0 Å². The zero-order valence-electron chi connectivity index (χ0n) is 20.3. The zero-order chi connectivity index (χ0) is 25.4. The molecule has 2 saturated heterocycles. The van der Waals surface area contributed by atoms with Crippen LogP contribution >= 0.6 is 11.8 Å². The van der Waals surface area contributed by atoms with Gasteiger partial charge in [0, 0.05) is 5.56 Å². The maximum absolute atomic E-state index is 13.6. The van der Waals surface area contributed by atoms with Crippen LogP contribution in [-0.2, 0) is 25.6 Å². The molecule has 0 saturated carbocycles. The molecule has 0 bridgehead atoms. The summed E-state index contributed by atoms with van der Waals surface area (Å²) in [5, 5.41) is 0. The molecule has 3 aliphatic heterocycles. The lowest BCUT2D eigenvalue weighted by molar-refractivity contribution is -0.316. The fraction of sp³-hybridized carbons (Fsp3) is 0.310. The molecule has 3 aromatic carbocycles. The molecule has 3 aromatic rings. The second-order valence-electron chi connectivity index (χ2n) is 9.23. The summed E-state index contributed by atoms with van der Waals surface area (Å²) in [7, 11) is 0. The van der Waals surface area contributed by atoms with Crippen LogP contribution in [0.3, 0.4) is 0 Å². The molecule has 7 nitrogen and oxygen atoms in total. The number of carbonyl (C=O) groups is 2. The van der Waals surface area contributed by atoms with Gasteiger partial charge in [-0.3, -0.25) is 14.5 Å². The fourth-order valence-electron chi connectivity index (χ4n) is 5.24. The molecule has 37 heavy (non-hydrogen) atoms. The molecule has 0 spiro atoms. The zero-order valence-corrected chi connectivity index (χ0v) is 21.1. The molecular weight excluding hydrogens is 490 g/mol. The lowest BCUT2D eigenvalue weighted by Crippen LogP contribution is -2.67. The third kappa shape index (κ3) is 4.49. The quantitative estimate of drug-likeness (QED) is 0.448. The summed E-state index contributed by atoms with van der Waals surface area (Å²) in [6.45, 7) is 0.608. The third-order valence-corrected chi connectivity index (χ3v) is 7.87. The van der Waals surface area contributed by atoms with Crippen LogP contribution in [0.25, 0.3) is 0 Å². The molecule has 2 amide bonds. The Bertz CT molecular complexity index is 1240. The molecule has 0 N–H and O–H groups in total. The molecule has 6 rings (SSSR count). The number of amides is 2. The van der Waals surface area contributed by atoms with Gasteiger partial charge in [-0.25, -0.2) is 0 Å². The standard InChI is InChI=1S/C29H27NO6S/c1-37-29-23(30-26(31)20-14-8-9-15-21(20)27(30)32)25(33-16-18-10-4-2-5-11-18)24-22(35-29)17-34-28(36-24)19-12-6-3-7-13-19/h2-15,22-25,28-29H,16-17H2,1H3/t22-,23-,24-,25-,28?,29+/m1/s1. The summed E-state index contributed by atoms with van der Waals surface area (Å²) in [4.78, 5) is 28.4. The SMILES string of the molecule is CS[C@@H]1O[C@@H]2COC(c3ccccc3)O[C@H]2[C@H](OCc2ccccc2)[C@H]1N1C(=O)c2ccccc2C1=O. The lowest BCUT2D eigenvalue weighted by Gasteiger charge is -2.50. The highest BCUT2D eigenvalue weighted by Crippen LogP contribution is 2.41. The smallest absolute Gasteiger partial charge is 0.262 e. The summed E-state index contributed by atoms with van der Waals surface area (Å²) in [6.07, 6.45) is -0.303. The number of carbonyl (C=O) groups excluding carboxylic acids is 2. The van der Waals surface area contributed by atoms with E-state index in [1.54, 1.807) is 24.3 Å². The monoisotopic (exact) mass is 517 g/mol. The number of fused-ring (bicyclic) bond motifs is 2. The first-order valence-electron chi connectivity index (χ1n) is 12.3. The Kier molecular flexibility index (Phi) is 6.84. The maximum atomic E-state index is 13.6. The normalized spacial score (nSPS) is 29.2. The molecule has 190 valence electrons. The van der Waals surface area contributed by atoms with Crippen molar-refractivity contribution in [2.75, 3.05) is 12.9 Å². The van der Waals surface area contributed by atoms with Crippen molar-refractivity contribution in [3.8, 4) is 0 Å². The van der Waals surface area contributed by atoms with Crippen LogP contribution in [-0.4, -0.2) is 59.4 Å². The summed E-state index contributed by atoms with van der Waals surface area (Å²) < 4.78 is 25.5. The largest absolute Gasteiger partial charge is 0.368 e. The van der Waals surface area contributed by atoms with Crippen LogP contribution < -0.4 is 0 Å². The third-order valence-electron chi connectivity index (χ3n) is 7.02. The summed E-state index contributed by atoms with van der Waals surface area (Å²) in [6, 6.07) is 25.7. The topological polar surface area (TPSA) is 74.3 Å². The van der Waals surface area contributed by atoms with E-state index >= 15 is 0 Å². The molecule has 1 unspecified atom stereocenters. The van der Waals surface area contributed by atoms with Crippen molar-refractivity contribution in [3.63, 3.8) is 0 Å². The van der Waals surface area contributed by atoms with Gasteiger partial charge in [0.2, 0.25) is 0 Å². The van der Waals surface area contributed by atoms with Gasteiger partial charge in [-0.1, -0.05) is 72.8 Å². The van der Waals surface area contributed by atoms with Gasteiger partial charge in [0.15, 0.2) is 6.29 Å². The highest BCUT2D eigenvalue weighted by atomic mass is 32.2. The van der Waals surface area contributed by atoms with Crippen molar-refractivity contribution in [2.24, 2.45) is 0 Å². The van der Waals surface area contributed by atoms with E-state index in [-0.39, 0.29) is 11.8 Å². The number of ether oxygens (including phenoxy) is 4. The van der Waals surface area contributed by atoms with E-state index in [2.05, 4.69) is 0 Å². The Morgan fingerprint density at radius 3 is 2.14 bits per heavy atom. The highest BCUT2D eigenvalue weighted by molar-refractivity contribution is 7.99. The van der Waals surface area contributed by atoms with Crippen LogP contribution in [0.4, 0.5) is 0 Å². The minimum atomic E-state index is -0.693. The van der Waals surface area contributed by atoms with Gasteiger partial charge in [-0.05, 0) is 24.0 Å². The number of imide groups is 1. The molecular formula is C29H27NO6S. The van der Waals surface area contributed by atoms with E-state index in [0.29, 0.717) is 24.3 Å². The van der Waals surface area contributed by atoms with E-state index in [4.69, 9.17) is 18.9 Å². The first-order chi connectivity index (χ1) is 18.2. The molecule has 3 aliphatic rings. The number of thioether (sulfide) groups is 1. The van der Waals surface area contributed by atoms with E-state index in [1.165, 1.54) is 16.7 Å². The van der Waals surface area contributed by atoms with Gasteiger partial charge in [-0.2, -0.15) is 0 Å². The average molecular weight is 518 g/mol. The van der Waals surface area contributed by atoms with Gasteiger partial charge >= 0.3 is 0 Å². The number of hydrogen-bond donors (Lipinski definition) is 0. The van der Waals surface area contributed by atoms with Crippen molar-refractivity contribution in [1.82, 2.24) is 4.90 Å². The molecule has 3 heterocycles. The van der Waals surface area contributed by atoms with Gasteiger partial charge < -0.3 is 18.9 Å². The van der Waals surface area contributed by atoms with Crippen LogP contribution in [0, 0.1) is 0 Å². The van der Waals surface area contributed by atoms with E-state index in [1.807, 2.05) is 66.9 Å². The predicted molar refractivity (Wildman–Crippen MR) is 138 cm³/mol. The van der Waals surface area contributed by atoms with Crippen molar-refractivity contribution >= 4 is 23.6 Å². The Balaban J connectivity index is 1.37. The number of nitrogens with zero attached hydrogens (tertiary/aromatic N) is 1. The van der Waals surface area contributed by atoms with E-state index in [0.717, 1.165) is 11.1 Å². The summed E-state index contributed by atoms with van der Waals surface area (Å²) in [5.74, 6) is -0.682. The van der Waals surface area contributed by atoms with Crippen LogP contribution in [0.15, 0.2) is 84.9 Å². The number of hydrogen-bond acceptors (Lipinski definition) is 7. The first kappa shape index (κ1) is 24.3. The van der Waals surface area contributed by atoms with Gasteiger partial charge in [-0.15, -0.1) is 11.8 Å². The molecule has 0 aromatic heterocycles. The predicted octanol–water partition coefficient (Wildman–Crippen LogP) is 4.44. The minimum absolute atomic E-state index is 0.301. The van der Waals surface area contributed by atoms with Crippen LogP contribution in [0.1, 0.15) is 38.1 Å². The van der Waals surface area contributed by atoms with E-state index < -0.39 is 36.1 Å². The van der Waals surface area contributed by atoms with Crippen molar-refractivity contribution in [3.05, 3.63) is 107 Å². The second kappa shape index (κ2) is 10.4. The summed E-state index contributed by atoms with van der Waals surface area (Å²) in [5.41, 5.74) is 2.15. The Hall–Kier alpha value is -3.01. The molecule has 0 aliphatic carbocycles. The number of benzene rings is 3. The summed E-state index contributed by atoms with van der Waals surface area (Å²) >= 11 is 1.44. The highest BCUT2D eigenvalue weighted by Gasteiger charge is 2.56. The Morgan fingerprint density at radius 2 is 1.49 bits per heavy atom. The first-order valence-corrected chi connectivity index (χ1v) is 13.6. The van der Waals surface area contributed by atoms with Gasteiger partial charge in [0.1, 0.15) is 29.8 Å². The maximum Gasteiger partial charge on any atom is 0.262 e. The number of rotatable bonds is 6. The minimum Gasteiger partial charge on any atom is -0.368 e. The van der Waals surface area contributed by atoms with E-state index in [9.17, 15) is 9.59 Å². The lowest BCUT2D eigenvalue weighted by atomic mass is 9.95. The van der Waals surface area contributed by atoms with Crippen LogP contribution in [0.2, 0.25) is 0 Å². The second-order valence-corrected chi connectivity index (χ2v) is 10.2. The van der Waals surface area contributed by atoms with Crippen molar-refractivity contribution < 1.29 is 28.5 Å².